The molecule has 2 N–H and O–H groups in total. The maximum Gasteiger partial charge on any atom is 0.318 e. The zero-order chi connectivity index (χ0) is 17.5. The number of hydrogen-bond acceptors (Lipinski definition) is 3. The molecule has 2 rings (SSSR count). The van der Waals surface area contributed by atoms with Gasteiger partial charge in [-0.15, -0.1) is 0 Å². The number of nitrogens with zero attached hydrogens (tertiary/aromatic N) is 2. The number of alkyl halides is 2. The molecule has 8 heteroatoms. The van der Waals surface area contributed by atoms with Crippen molar-refractivity contribution < 1.29 is 18.4 Å². The molecule has 0 aliphatic carbocycles. The number of piperazine rings is 1. The molecular weight excluding hydrogens is 318 g/mol. The van der Waals surface area contributed by atoms with E-state index in [0.29, 0.717) is 31.7 Å². The van der Waals surface area contributed by atoms with Crippen molar-refractivity contribution in [2.75, 3.05) is 39.8 Å². The van der Waals surface area contributed by atoms with Gasteiger partial charge in [0.05, 0.1) is 6.54 Å². The Balaban J connectivity index is 1.89. The molecule has 1 saturated heterocycles. The Morgan fingerprint density at radius 1 is 1.12 bits per heavy atom. The van der Waals surface area contributed by atoms with Gasteiger partial charge in [-0.2, -0.15) is 0 Å². The molecule has 1 aromatic carbocycles. The van der Waals surface area contributed by atoms with Crippen molar-refractivity contribution in [2.24, 2.45) is 0 Å². The first-order chi connectivity index (χ1) is 11.5. The monoisotopic (exact) mass is 340 g/mol. The second-order valence-electron chi connectivity index (χ2n) is 5.61. The number of benzene rings is 1. The van der Waals surface area contributed by atoms with Crippen LogP contribution in [0.4, 0.5) is 13.6 Å². The number of halogens is 2. The van der Waals surface area contributed by atoms with Crippen LogP contribution in [0.3, 0.4) is 0 Å². The standard InChI is InChI=1S/C16H22F2N4O2/c1-19-13(23)11-21-7-9-22(10-8-21)16(24)20-14(15(17)18)12-5-3-2-4-6-12/h2-6,14-15H,7-11H2,1H3,(H,19,23)(H,20,24). The molecule has 3 amide bonds. The molecule has 1 unspecified atom stereocenters. The van der Waals surface area contributed by atoms with Gasteiger partial charge in [0.1, 0.15) is 6.04 Å². The molecule has 132 valence electrons. The summed E-state index contributed by atoms with van der Waals surface area (Å²) in [5.41, 5.74) is 0.374. The van der Waals surface area contributed by atoms with Gasteiger partial charge < -0.3 is 15.5 Å². The predicted octanol–water partition coefficient (Wildman–Crippen LogP) is 1.07. The summed E-state index contributed by atoms with van der Waals surface area (Å²) >= 11 is 0. The van der Waals surface area contributed by atoms with E-state index in [1.165, 1.54) is 4.90 Å². The van der Waals surface area contributed by atoms with Gasteiger partial charge in [0.2, 0.25) is 5.91 Å². The number of carbonyl (C=O) groups excluding carboxylic acids is 2. The van der Waals surface area contributed by atoms with Crippen molar-refractivity contribution in [3.05, 3.63) is 35.9 Å². The molecule has 1 atom stereocenters. The second kappa shape index (κ2) is 8.58. The minimum absolute atomic E-state index is 0.0882. The topological polar surface area (TPSA) is 64.7 Å². The highest BCUT2D eigenvalue weighted by Gasteiger charge is 2.28. The quantitative estimate of drug-likeness (QED) is 0.843. The highest BCUT2D eigenvalue weighted by Crippen LogP contribution is 2.20. The van der Waals surface area contributed by atoms with Crippen LogP contribution in [-0.4, -0.2) is 67.9 Å². The van der Waals surface area contributed by atoms with Gasteiger partial charge in [-0.1, -0.05) is 30.3 Å². The molecule has 0 saturated carbocycles. The summed E-state index contributed by atoms with van der Waals surface area (Å²) in [7, 11) is 1.57. The van der Waals surface area contributed by atoms with Gasteiger partial charge in [-0.3, -0.25) is 9.69 Å². The van der Waals surface area contributed by atoms with Gasteiger partial charge in [0.15, 0.2) is 0 Å². The molecule has 1 heterocycles. The van der Waals surface area contributed by atoms with E-state index < -0.39 is 18.5 Å². The molecule has 24 heavy (non-hydrogen) atoms. The van der Waals surface area contributed by atoms with Gasteiger partial charge in [-0.25, -0.2) is 13.6 Å². The smallest absolute Gasteiger partial charge is 0.318 e. The minimum atomic E-state index is -2.69. The van der Waals surface area contributed by atoms with E-state index in [4.69, 9.17) is 0 Å². The predicted molar refractivity (Wildman–Crippen MR) is 85.8 cm³/mol. The third-order valence-electron chi connectivity index (χ3n) is 4.00. The van der Waals surface area contributed by atoms with Crippen LogP contribution in [0.15, 0.2) is 30.3 Å². The average Bonchev–Trinajstić information content (AvgIpc) is 2.60. The Kier molecular flexibility index (Phi) is 6.48. The second-order valence-corrected chi connectivity index (χ2v) is 5.61. The summed E-state index contributed by atoms with van der Waals surface area (Å²) in [5.74, 6) is -0.0882. The van der Waals surface area contributed by atoms with Crippen molar-refractivity contribution in [3.8, 4) is 0 Å². The summed E-state index contributed by atoms with van der Waals surface area (Å²) < 4.78 is 26.5. The molecule has 1 aliphatic heterocycles. The number of nitrogens with one attached hydrogen (secondary N) is 2. The molecule has 0 bridgehead atoms. The average molecular weight is 340 g/mol. The zero-order valence-electron chi connectivity index (χ0n) is 13.5. The Bertz CT molecular complexity index is 548. The Morgan fingerprint density at radius 3 is 2.29 bits per heavy atom. The minimum Gasteiger partial charge on any atom is -0.358 e. The van der Waals surface area contributed by atoms with Crippen LogP contribution in [0.2, 0.25) is 0 Å². The maximum absolute atomic E-state index is 13.3. The van der Waals surface area contributed by atoms with Crippen molar-refractivity contribution in [2.45, 2.75) is 12.5 Å². The molecule has 1 fully saturated rings. The fraction of sp³-hybridized carbons (Fsp3) is 0.500. The molecule has 1 aliphatic rings. The SMILES string of the molecule is CNC(=O)CN1CCN(C(=O)NC(c2ccccc2)C(F)F)CC1. The van der Waals surface area contributed by atoms with Crippen LogP contribution in [0.25, 0.3) is 0 Å². The Labute approximate surface area is 139 Å². The Hall–Kier alpha value is -2.22. The highest BCUT2D eigenvalue weighted by atomic mass is 19.3. The van der Waals surface area contributed by atoms with Crippen LogP contribution in [0.1, 0.15) is 11.6 Å². The number of amides is 3. The number of carbonyl (C=O) groups is 2. The molecule has 6 nitrogen and oxygen atoms in total. The normalized spacial score (nSPS) is 16.8. The first kappa shape index (κ1) is 18.1. The van der Waals surface area contributed by atoms with Crippen LogP contribution >= 0.6 is 0 Å². The van der Waals surface area contributed by atoms with Crippen molar-refractivity contribution in [1.29, 1.82) is 0 Å². The lowest BCUT2D eigenvalue weighted by Crippen LogP contribution is -2.54. The summed E-state index contributed by atoms with van der Waals surface area (Å²) in [6.45, 7) is 2.13. The number of hydrogen-bond donors (Lipinski definition) is 2. The van der Waals surface area contributed by atoms with Gasteiger partial charge in [0, 0.05) is 33.2 Å². The highest BCUT2D eigenvalue weighted by molar-refractivity contribution is 5.78. The van der Waals surface area contributed by atoms with Crippen LogP contribution in [-0.2, 0) is 4.79 Å². The zero-order valence-corrected chi connectivity index (χ0v) is 13.5. The first-order valence-corrected chi connectivity index (χ1v) is 7.82. The largest absolute Gasteiger partial charge is 0.358 e. The summed E-state index contributed by atoms with van der Waals surface area (Å²) in [6, 6.07) is 6.35. The van der Waals surface area contributed by atoms with Crippen LogP contribution in [0, 0.1) is 0 Å². The van der Waals surface area contributed by atoms with E-state index in [-0.39, 0.29) is 12.5 Å². The van der Waals surface area contributed by atoms with E-state index in [1.807, 2.05) is 4.90 Å². The van der Waals surface area contributed by atoms with Crippen LogP contribution < -0.4 is 10.6 Å². The van der Waals surface area contributed by atoms with E-state index >= 15 is 0 Å². The van der Waals surface area contributed by atoms with Gasteiger partial charge in [0.25, 0.3) is 6.43 Å². The Morgan fingerprint density at radius 2 is 1.75 bits per heavy atom. The third kappa shape index (κ3) is 4.89. The van der Waals surface area contributed by atoms with Crippen molar-refractivity contribution >= 4 is 11.9 Å². The lowest BCUT2D eigenvalue weighted by atomic mass is 10.1. The fourth-order valence-corrected chi connectivity index (χ4v) is 2.57. The van der Waals surface area contributed by atoms with E-state index in [1.54, 1.807) is 37.4 Å². The number of urea groups is 1. The van der Waals surface area contributed by atoms with E-state index in [9.17, 15) is 18.4 Å². The molecule has 0 aromatic heterocycles. The first-order valence-electron chi connectivity index (χ1n) is 7.82. The lowest BCUT2D eigenvalue weighted by molar-refractivity contribution is -0.122. The maximum atomic E-state index is 13.3. The molecule has 0 radical (unpaired) electrons. The van der Waals surface area contributed by atoms with Gasteiger partial charge in [-0.05, 0) is 5.56 Å². The van der Waals surface area contributed by atoms with Gasteiger partial charge >= 0.3 is 6.03 Å². The molecule has 1 aromatic rings. The summed E-state index contributed by atoms with van der Waals surface area (Å²) in [6.07, 6.45) is -2.69. The molecule has 0 spiro atoms. The summed E-state index contributed by atoms with van der Waals surface area (Å²) in [5, 5.41) is 4.95. The van der Waals surface area contributed by atoms with Crippen LogP contribution in [0.5, 0.6) is 0 Å². The van der Waals surface area contributed by atoms with E-state index in [0.717, 1.165) is 0 Å². The lowest BCUT2D eigenvalue weighted by Gasteiger charge is -2.35. The number of rotatable bonds is 5. The van der Waals surface area contributed by atoms with Crippen molar-refractivity contribution in [1.82, 2.24) is 20.4 Å². The van der Waals surface area contributed by atoms with E-state index in [2.05, 4.69) is 10.6 Å². The number of likely N-dealkylation sites (N-methyl/N-ethyl adjacent to an activating group) is 1. The molecular formula is C16H22F2N4O2. The third-order valence-corrected chi connectivity index (χ3v) is 4.00. The fourth-order valence-electron chi connectivity index (χ4n) is 2.57. The van der Waals surface area contributed by atoms with Crippen molar-refractivity contribution in [3.63, 3.8) is 0 Å². The summed E-state index contributed by atoms with van der Waals surface area (Å²) in [4.78, 5) is 27.0.